The molecule has 7 nitrogen and oxygen atoms in total. The summed E-state index contributed by atoms with van der Waals surface area (Å²) < 4.78 is 5.99. The van der Waals surface area contributed by atoms with E-state index in [4.69, 9.17) is 4.74 Å². The molecule has 0 aliphatic carbocycles. The fourth-order valence-corrected chi connectivity index (χ4v) is 4.13. The largest absolute Gasteiger partial charge is 0.484 e. The molecule has 0 bridgehead atoms. The third-order valence-electron chi connectivity index (χ3n) is 3.73. The third kappa shape index (κ3) is 6.58. The SMILES string of the molecule is Cc1ccc(NC(=O)[C@@H](C)Sc2nnc(NC(=O)COc3ccccc3)s2)cc1. The van der Waals surface area contributed by atoms with E-state index in [2.05, 4.69) is 20.8 Å². The van der Waals surface area contributed by atoms with Gasteiger partial charge < -0.3 is 10.1 Å². The van der Waals surface area contributed by atoms with Crippen molar-refractivity contribution in [1.29, 1.82) is 0 Å². The van der Waals surface area contributed by atoms with E-state index in [9.17, 15) is 9.59 Å². The average molecular weight is 429 g/mol. The lowest BCUT2D eigenvalue weighted by Gasteiger charge is -2.10. The Morgan fingerprint density at radius 3 is 2.52 bits per heavy atom. The molecule has 1 aromatic heterocycles. The zero-order valence-electron chi connectivity index (χ0n) is 15.9. The summed E-state index contributed by atoms with van der Waals surface area (Å²) in [5.74, 6) is 0.159. The minimum atomic E-state index is -0.366. The molecule has 0 unspecified atom stereocenters. The highest BCUT2D eigenvalue weighted by atomic mass is 32.2. The molecule has 9 heteroatoms. The van der Waals surface area contributed by atoms with Crippen LogP contribution in [0.15, 0.2) is 58.9 Å². The van der Waals surface area contributed by atoms with Crippen LogP contribution < -0.4 is 15.4 Å². The molecule has 0 saturated heterocycles. The Bertz CT molecular complexity index is 961. The van der Waals surface area contributed by atoms with E-state index in [0.29, 0.717) is 15.2 Å². The fourth-order valence-electron chi connectivity index (χ4n) is 2.21. The van der Waals surface area contributed by atoms with Gasteiger partial charge in [-0.05, 0) is 38.1 Å². The number of carbonyl (C=O) groups is 2. The van der Waals surface area contributed by atoms with Gasteiger partial charge in [0, 0.05) is 5.69 Å². The van der Waals surface area contributed by atoms with Crippen LogP contribution in [0.25, 0.3) is 0 Å². The molecule has 2 N–H and O–H groups in total. The molecule has 3 rings (SSSR count). The standard InChI is InChI=1S/C20H20N4O3S2/c1-13-8-10-15(11-9-13)21-18(26)14(2)28-20-24-23-19(29-20)22-17(25)12-27-16-6-4-3-5-7-16/h3-11,14H,12H2,1-2H3,(H,21,26)(H,22,23,25)/t14-/m1/s1. The van der Waals surface area contributed by atoms with Crippen molar-refractivity contribution in [1.82, 2.24) is 10.2 Å². The van der Waals surface area contributed by atoms with Gasteiger partial charge in [-0.15, -0.1) is 10.2 Å². The molecule has 0 spiro atoms. The van der Waals surface area contributed by atoms with E-state index in [1.54, 1.807) is 19.1 Å². The quantitative estimate of drug-likeness (QED) is 0.416. The maximum Gasteiger partial charge on any atom is 0.264 e. The van der Waals surface area contributed by atoms with Crippen molar-refractivity contribution >= 4 is 45.7 Å². The maximum atomic E-state index is 12.3. The van der Waals surface area contributed by atoms with E-state index in [1.165, 1.54) is 23.1 Å². The van der Waals surface area contributed by atoms with Crippen LogP contribution in [-0.4, -0.2) is 33.9 Å². The van der Waals surface area contributed by atoms with E-state index in [-0.39, 0.29) is 23.7 Å². The van der Waals surface area contributed by atoms with Gasteiger partial charge in [0.25, 0.3) is 5.91 Å². The van der Waals surface area contributed by atoms with E-state index >= 15 is 0 Å². The lowest BCUT2D eigenvalue weighted by molar-refractivity contribution is -0.118. The molecule has 0 aliphatic rings. The predicted molar refractivity (Wildman–Crippen MR) is 116 cm³/mol. The van der Waals surface area contributed by atoms with Crippen molar-refractivity contribution in [3.05, 3.63) is 60.2 Å². The Hall–Kier alpha value is -2.91. The van der Waals surface area contributed by atoms with Gasteiger partial charge in [0.1, 0.15) is 5.75 Å². The molecule has 0 aliphatic heterocycles. The first-order chi connectivity index (χ1) is 14.0. The number of carbonyl (C=O) groups excluding carboxylic acids is 2. The van der Waals surface area contributed by atoms with Crippen LogP contribution in [0.5, 0.6) is 5.75 Å². The van der Waals surface area contributed by atoms with Gasteiger partial charge in [0.15, 0.2) is 10.9 Å². The number of hydrogen-bond donors (Lipinski definition) is 2. The lowest BCUT2D eigenvalue weighted by Crippen LogP contribution is -2.22. The first kappa shape index (κ1) is 20.8. The molecule has 150 valence electrons. The van der Waals surface area contributed by atoms with E-state index < -0.39 is 0 Å². The second-order valence-electron chi connectivity index (χ2n) is 6.14. The number of nitrogens with zero attached hydrogens (tertiary/aromatic N) is 2. The van der Waals surface area contributed by atoms with Gasteiger partial charge in [0.2, 0.25) is 11.0 Å². The van der Waals surface area contributed by atoms with Crippen LogP contribution in [0.4, 0.5) is 10.8 Å². The molecule has 29 heavy (non-hydrogen) atoms. The number of para-hydroxylation sites is 1. The minimum Gasteiger partial charge on any atom is -0.484 e. The maximum absolute atomic E-state index is 12.3. The number of aromatic nitrogens is 2. The summed E-state index contributed by atoms with van der Waals surface area (Å²) in [7, 11) is 0. The summed E-state index contributed by atoms with van der Waals surface area (Å²) in [5, 5.41) is 13.5. The third-order valence-corrected chi connectivity index (χ3v) is 5.75. The van der Waals surface area contributed by atoms with Crippen molar-refractivity contribution in [2.24, 2.45) is 0 Å². The Morgan fingerprint density at radius 1 is 1.07 bits per heavy atom. The highest BCUT2D eigenvalue weighted by Crippen LogP contribution is 2.29. The number of rotatable bonds is 8. The normalized spacial score (nSPS) is 11.5. The Labute approximate surface area is 176 Å². The van der Waals surface area contributed by atoms with Crippen LogP contribution in [0.2, 0.25) is 0 Å². The number of benzene rings is 2. The molecule has 3 aromatic rings. The molecule has 2 aromatic carbocycles. The Morgan fingerprint density at radius 2 is 1.79 bits per heavy atom. The van der Waals surface area contributed by atoms with Gasteiger partial charge in [-0.1, -0.05) is 59.0 Å². The number of aryl methyl sites for hydroxylation is 1. The number of hydrogen-bond acceptors (Lipinski definition) is 7. The Balaban J connectivity index is 1.46. The summed E-state index contributed by atoms with van der Waals surface area (Å²) in [5.41, 5.74) is 1.87. The molecule has 2 amide bonds. The number of thioether (sulfide) groups is 1. The molecule has 1 atom stereocenters. The summed E-state index contributed by atoms with van der Waals surface area (Å²) in [4.78, 5) is 24.3. The van der Waals surface area contributed by atoms with Crippen LogP contribution in [0.1, 0.15) is 12.5 Å². The Kier molecular flexibility index (Phi) is 7.20. The molecular weight excluding hydrogens is 408 g/mol. The van der Waals surface area contributed by atoms with E-state index in [1.807, 2.05) is 49.4 Å². The fraction of sp³-hybridized carbons (Fsp3) is 0.200. The van der Waals surface area contributed by atoms with Gasteiger partial charge in [-0.3, -0.25) is 14.9 Å². The smallest absolute Gasteiger partial charge is 0.264 e. The van der Waals surface area contributed by atoms with Crippen LogP contribution >= 0.6 is 23.1 Å². The van der Waals surface area contributed by atoms with Crippen molar-refractivity contribution < 1.29 is 14.3 Å². The summed E-state index contributed by atoms with van der Waals surface area (Å²) in [6, 6.07) is 16.7. The zero-order chi connectivity index (χ0) is 20.6. The van der Waals surface area contributed by atoms with Gasteiger partial charge in [0.05, 0.1) is 5.25 Å². The average Bonchev–Trinajstić information content (AvgIpc) is 3.15. The van der Waals surface area contributed by atoms with Gasteiger partial charge in [-0.25, -0.2) is 0 Å². The van der Waals surface area contributed by atoms with Crippen molar-refractivity contribution in [2.45, 2.75) is 23.4 Å². The van der Waals surface area contributed by atoms with Crippen molar-refractivity contribution in [2.75, 3.05) is 17.2 Å². The zero-order valence-corrected chi connectivity index (χ0v) is 17.5. The summed E-state index contributed by atoms with van der Waals surface area (Å²) >= 11 is 2.49. The lowest BCUT2D eigenvalue weighted by atomic mass is 10.2. The molecular formula is C20H20N4O3S2. The minimum absolute atomic E-state index is 0.124. The van der Waals surface area contributed by atoms with Crippen LogP contribution in [0, 0.1) is 6.92 Å². The summed E-state index contributed by atoms with van der Waals surface area (Å²) in [6.45, 7) is 3.66. The number of amides is 2. The number of ether oxygens (including phenoxy) is 1. The summed E-state index contributed by atoms with van der Waals surface area (Å²) in [6.07, 6.45) is 0. The second-order valence-corrected chi connectivity index (χ2v) is 8.70. The topological polar surface area (TPSA) is 93.2 Å². The number of nitrogens with one attached hydrogen (secondary N) is 2. The first-order valence-electron chi connectivity index (χ1n) is 8.85. The highest BCUT2D eigenvalue weighted by molar-refractivity contribution is 8.02. The van der Waals surface area contributed by atoms with Crippen molar-refractivity contribution in [3.63, 3.8) is 0 Å². The molecule has 1 heterocycles. The molecule has 0 fully saturated rings. The van der Waals surface area contributed by atoms with E-state index in [0.717, 1.165) is 11.3 Å². The van der Waals surface area contributed by atoms with Crippen LogP contribution in [0.3, 0.4) is 0 Å². The predicted octanol–water partition coefficient (Wildman–Crippen LogP) is 3.98. The highest BCUT2D eigenvalue weighted by Gasteiger charge is 2.18. The van der Waals surface area contributed by atoms with Crippen molar-refractivity contribution in [3.8, 4) is 5.75 Å². The second kappa shape index (κ2) is 10.0. The molecule has 0 radical (unpaired) electrons. The van der Waals surface area contributed by atoms with Gasteiger partial charge in [-0.2, -0.15) is 0 Å². The van der Waals surface area contributed by atoms with Gasteiger partial charge >= 0.3 is 0 Å². The number of anilines is 2. The first-order valence-corrected chi connectivity index (χ1v) is 10.5. The molecule has 0 saturated carbocycles. The monoisotopic (exact) mass is 428 g/mol. The van der Waals surface area contributed by atoms with Crippen LogP contribution in [-0.2, 0) is 9.59 Å².